The van der Waals surface area contributed by atoms with Crippen LogP contribution in [0.4, 0.5) is 4.79 Å². The molecule has 1 heterocycles. The molecular formula is C28H18BrCl2NO3S. The van der Waals surface area contributed by atoms with Crippen LogP contribution in [0.2, 0.25) is 10.0 Å². The number of benzene rings is 4. The number of amides is 2. The van der Waals surface area contributed by atoms with E-state index in [0.717, 1.165) is 37.5 Å². The molecule has 0 aromatic heterocycles. The lowest BCUT2D eigenvalue weighted by Gasteiger charge is -2.15. The molecular weight excluding hydrogens is 581 g/mol. The highest BCUT2D eigenvalue weighted by Crippen LogP contribution is 2.37. The molecule has 0 N–H and O–H groups in total. The molecule has 36 heavy (non-hydrogen) atoms. The van der Waals surface area contributed by atoms with Crippen LogP contribution in [0, 0.1) is 0 Å². The van der Waals surface area contributed by atoms with Crippen molar-refractivity contribution < 1.29 is 14.3 Å². The van der Waals surface area contributed by atoms with Crippen LogP contribution in [0.1, 0.15) is 16.7 Å². The van der Waals surface area contributed by atoms with Crippen LogP contribution in [-0.2, 0) is 17.9 Å². The first-order chi connectivity index (χ1) is 17.4. The second kappa shape index (κ2) is 10.7. The summed E-state index contributed by atoms with van der Waals surface area (Å²) in [5.74, 6) is 0.202. The summed E-state index contributed by atoms with van der Waals surface area (Å²) in [6.07, 6.45) is 1.68. The molecule has 1 aliphatic heterocycles. The summed E-state index contributed by atoms with van der Waals surface area (Å²) in [5.41, 5.74) is 2.27. The predicted octanol–water partition coefficient (Wildman–Crippen LogP) is 8.72. The molecule has 2 amide bonds. The highest BCUT2D eigenvalue weighted by Gasteiger charge is 2.36. The minimum atomic E-state index is -0.402. The smallest absolute Gasteiger partial charge is 0.293 e. The maximum absolute atomic E-state index is 13.1. The summed E-state index contributed by atoms with van der Waals surface area (Å²) < 4.78 is 7.02. The fourth-order valence-corrected chi connectivity index (χ4v) is 5.68. The van der Waals surface area contributed by atoms with Crippen LogP contribution in [0.5, 0.6) is 5.75 Å². The second-order valence-corrected chi connectivity index (χ2v) is 10.8. The Balaban J connectivity index is 1.40. The van der Waals surface area contributed by atoms with Gasteiger partial charge < -0.3 is 4.74 Å². The average Bonchev–Trinajstić information content (AvgIpc) is 3.13. The minimum Gasteiger partial charge on any atom is -0.488 e. The molecule has 180 valence electrons. The van der Waals surface area contributed by atoms with Crippen LogP contribution in [-0.4, -0.2) is 16.0 Å². The van der Waals surface area contributed by atoms with E-state index in [9.17, 15) is 9.59 Å². The van der Waals surface area contributed by atoms with E-state index in [-0.39, 0.29) is 11.8 Å². The van der Waals surface area contributed by atoms with Crippen molar-refractivity contribution in [3.63, 3.8) is 0 Å². The largest absolute Gasteiger partial charge is 0.488 e. The topological polar surface area (TPSA) is 46.6 Å². The second-order valence-electron chi connectivity index (χ2n) is 8.08. The molecule has 8 heteroatoms. The van der Waals surface area contributed by atoms with Gasteiger partial charge >= 0.3 is 0 Å². The normalized spacial score (nSPS) is 14.8. The quantitative estimate of drug-likeness (QED) is 0.208. The van der Waals surface area contributed by atoms with Gasteiger partial charge in [-0.2, -0.15) is 0 Å². The van der Waals surface area contributed by atoms with Gasteiger partial charge in [0, 0.05) is 25.6 Å². The van der Waals surface area contributed by atoms with Gasteiger partial charge in [-0.3, -0.25) is 14.5 Å². The Hall–Kier alpha value is -2.77. The third kappa shape index (κ3) is 5.18. The molecule has 0 unspecified atom stereocenters. The molecule has 5 rings (SSSR count). The number of ether oxygens (including phenoxy) is 1. The first-order valence-corrected chi connectivity index (χ1v) is 13.3. The van der Waals surface area contributed by atoms with Crippen molar-refractivity contribution in [2.45, 2.75) is 13.2 Å². The van der Waals surface area contributed by atoms with Crippen molar-refractivity contribution in [2.24, 2.45) is 0 Å². The van der Waals surface area contributed by atoms with Crippen LogP contribution >= 0.6 is 50.9 Å². The van der Waals surface area contributed by atoms with Gasteiger partial charge in [-0.15, -0.1) is 0 Å². The summed E-state index contributed by atoms with van der Waals surface area (Å²) >= 11 is 16.9. The van der Waals surface area contributed by atoms with Crippen LogP contribution in [0.25, 0.3) is 16.8 Å². The number of fused-ring (bicyclic) bond motifs is 1. The lowest BCUT2D eigenvalue weighted by molar-refractivity contribution is -0.123. The summed E-state index contributed by atoms with van der Waals surface area (Å²) in [5, 5.41) is 2.69. The van der Waals surface area contributed by atoms with E-state index < -0.39 is 5.91 Å². The fourth-order valence-electron chi connectivity index (χ4n) is 3.96. The van der Waals surface area contributed by atoms with Crippen LogP contribution in [0.3, 0.4) is 0 Å². The lowest BCUT2D eigenvalue weighted by Crippen LogP contribution is -2.27. The first-order valence-electron chi connectivity index (χ1n) is 11.0. The highest BCUT2D eigenvalue weighted by atomic mass is 79.9. The maximum atomic E-state index is 13.1. The molecule has 1 fully saturated rings. The van der Waals surface area contributed by atoms with Crippen molar-refractivity contribution in [3.8, 4) is 5.75 Å². The average molecular weight is 599 g/mol. The van der Waals surface area contributed by atoms with Crippen molar-refractivity contribution in [3.05, 3.63) is 115 Å². The molecule has 1 aliphatic rings. The third-order valence-corrected chi connectivity index (χ3v) is 7.88. The van der Waals surface area contributed by atoms with E-state index in [4.69, 9.17) is 27.9 Å². The Morgan fingerprint density at radius 2 is 1.64 bits per heavy atom. The highest BCUT2D eigenvalue weighted by molar-refractivity contribution is 9.10. The number of carbonyl (C=O) groups excluding carboxylic acids is 2. The number of rotatable bonds is 6. The number of hydrogen-bond donors (Lipinski definition) is 0. The zero-order valence-electron chi connectivity index (χ0n) is 18.7. The van der Waals surface area contributed by atoms with Gasteiger partial charge in [0.1, 0.15) is 12.4 Å². The predicted molar refractivity (Wildman–Crippen MR) is 150 cm³/mol. The minimum absolute atomic E-state index is 0.00341. The van der Waals surface area contributed by atoms with Gasteiger partial charge in [-0.25, -0.2) is 0 Å². The molecule has 4 aromatic carbocycles. The molecule has 0 spiro atoms. The molecule has 0 atom stereocenters. The zero-order chi connectivity index (χ0) is 25.2. The molecule has 1 saturated heterocycles. The van der Waals surface area contributed by atoms with E-state index in [1.807, 2.05) is 42.5 Å². The molecule has 0 saturated carbocycles. The molecule has 0 radical (unpaired) electrons. The van der Waals surface area contributed by atoms with Crippen molar-refractivity contribution in [1.82, 2.24) is 4.90 Å². The Kier molecular flexibility index (Phi) is 7.39. The van der Waals surface area contributed by atoms with E-state index >= 15 is 0 Å². The molecule has 0 aliphatic carbocycles. The number of halogens is 3. The summed E-state index contributed by atoms with van der Waals surface area (Å²) in [4.78, 5) is 27.3. The van der Waals surface area contributed by atoms with Gasteiger partial charge in [0.05, 0.1) is 11.4 Å². The van der Waals surface area contributed by atoms with Gasteiger partial charge in [0.15, 0.2) is 0 Å². The van der Waals surface area contributed by atoms with Gasteiger partial charge in [0.2, 0.25) is 0 Å². The Bertz CT molecular complexity index is 1510. The van der Waals surface area contributed by atoms with E-state index in [1.165, 1.54) is 0 Å². The van der Waals surface area contributed by atoms with E-state index in [0.29, 0.717) is 38.4 Å². The van der Waals surface area contributed by atoms with Crippen LogP contribution in [0.15, 0.2) is 88.2 Å². The van der Waals surface area contributed by atoms with Crippen LogP contribution < -0.4 is 4.74 Å². The summed E-state index contributed by atoms with van der Waals surface area (Å²) in [6.45, 7) is 0.361. The summed E-state index contributed by atoms with van der Waals surface area (Å²) in [6, 6.07) is 24.9. The van der Waals surface area contributed by atoms with Crippen molar-refractivity contribution >= 4 is 78.9 Å². The SMILES string of the molecule is O=C1S/C(=C\c2cc(Br)ccc2OCc2cccc3ccccc23)C(=O)N1Cc1c(Cl)cccc1Cl. The third-order valence-electron chi connectivity index (χ3n) is 5.77. The summed E-state index contributed by atoms with van der Waals surface area (Å²) in [7, 11) is 0. The van der Waals surface area contributed by atoms with Gasteiger partial charge in [-0.1, -0.05) is 87.7 Å². The first kappa shape index (κ1) is 24.9. The van der Waals surface area contributed by atoms with E-state index in [2.05, 4.69) is 34.1 Å². The number of carbonyl (C=O) groups is 2. The molecule has 4 nitrogen and oxygen atoms in total. The number of thioether (sulfide) groups is 1. The van der Waals surface area contributed by atoms with Crippen molar-refractivity contribution in [2.75, 3.05) is 0 Å². The lowest BCUT2D eigenvalue weighted by atomic mass is 10.1. The zero-order valence-corrected chi connectivity index (χ0v) is 22.6. The monoisotopic (exact) mass is 597 g/mol. The Labute approximate surface area is 231 Å². The fraction of sp³-hybridized carbons (Fsp3) is 0.0714. The standard InChI is InChI=1S/C28H18BrCl2NO3S/c29-20-11-12-25(35-16-18-7-3-6-17-5-1-2-8-21(17)18)19(13-20)14-26-27(33)32(28(34)36-26)15-22-23(30)9-4-10-24(22)31/h1-14H,15-16H2/b26-14-. The van der Waals surface area contributed by atoms with Gasteiger partial charge in [-0.05, 0) is 64.5 Å². The molecule has 0 bridgehead atoms. The number of nitrogens with zero attached hydrogens (tertiary/aromatic N) is 1. The maximum Gasteiger partial charge on any atom is 0.293 e. The Morgan fingerprint density at radius 1 is 0.917 bits per heavy atom. The van der Waals surface area contributed by atoms with Crippen molar-refractivity contribution in [1.29, 1.82) is 0 Å². The molecule has 4 aromatic rings. The van der Waals surface area contributed by atoms with E-state index in [1.54, 1.807) is 24.3 Å². The Morgan fingerprint density at radius 3 is 2.44 bits per heavy atom. The number of imide groups is 1. The van der Waals surface area contributed by atoms with Gasteiger partial charge in [0.25, 0.3) is 11.1 Å². The number of hydrogen-bond acceptors (Lipinski definition) is 4.